The summed E-state index contributed by atoms with van der Waals surface area (Å²) in [7, 11) is 1.21. The number of carbonyl (C=O) groups excluding carboxylic acids is 2. The first kappa shape index (κ1) is 10.9. The Morgan fingerprint density at radius 3 is 2.67 bits per heavy atom. The van der Waals surface area contributed by atoms with Crippen LogP contribution in [-0.4, -0.2) is 19.4 Å². The van der Waals surface area contributed by atoms with Crippen LogP contribution in [-0.2, 0) is 4.74 Å². The van der Waals surface area contributed by atoms with Crippen molar-refractivity contribution in [1.29, 1.82) is 5.26 Å². The topological polar surface area (TPSA) is 67.2 Å². The number of nitrogens with zero attached hydrogens (tertiary/aromatic N) is 1. The summed E-state index contributed by atoms with van der Waals surface area (Å²) < 4.78 is 4.53. The molecular weight excluding hydrogens is 194 g/mol. The molecule has 76 valence electrons. The summed E-state index contributed by atoms with van der Waals surface area (Å²) in [6.07, 6.45) is 0.534. The molecule has 4 heteroatoms. The highest BCUT2D eigenvalue weighted by atomic mass is 16.5. The maximum atomic E-state index is 11.4. The van der Waals surface area contributed by atoms with Crippen molar-refractivity contribution in [2.24, 2.45) is 0 Å². The summed E-state index contributed by atoms with van der Waals surface area (Å²) >= 11 is 0. The summed E-state index contributed by atoms with van der Waals surface area (Å²) in [5.41, 5.74) is 1.04. The van der Waals surface area contributed by atoms with E-state index in [9.17, 15) is 9.59 Å². The minimum atomic E-state index is -0.669. The van der Waals surface area contributed by atoms with Crippen LogP contribution in [0.15, 0.2) is 12.1 Å². The largest absolute Gasteiger partial charge is 0.465 e. The Morgan fingerprint density at radius 2 is 2.20 bits per heavy atom. The van der Waals surface area contributed by atoms with Crippen LogP contribution in [0, 0.1) is 18.3 Å². The number of hydrogen-bond acceptors (Lipinski definition) is 4. The molecule has 0 saturated carbocycles. The van der Waals surface area contributed by atoms with E-state index < -0.39 is 5.97 Å². The maximum absolute atomic E-state index is 11.4. The van der Waals surface area contributed by atoms with Gasteiger partial charge in [0.1, 0.15) is 6.07 Å². The van der Waals surface area contributed by atoms with Crippen LogP contribution in [0.25, 0.3) is 0 Å². The molecule has 15 heavy (non-hydrogen) atoms. The minimum absolute atomic E-state index is 0.0370. The van der Waals surface area contributed by atoms with E-state index in [0.29, 0.717) is 11.8 Å². The van der Waals surface area contributed by atoms with Crippen molar-refractivity contribution in [1.82, 2.24) is 0 Å². The lowest BCUT2D eigenvalue weighted by atomic mass is 9.98. The van der Waals surface area contributed by atoms with Gasteiger partial charge in [-0.2, -0.15) is 5.26 Å². The molecule has 0 aromatic heterocycles. The number of hydrogen-bond donors (Lipinski definition) is 0. The van der Waals surface area contributed by atoms with Gasteiger partial charge in [0.25, 0.3) is 0 Å². The Morgan fingerprint density at radius 1 is 1.53 bits per heavy atom. The van der Waals surface area contributed by atoms with Crippen molar-refractivity contribution >= 4 is 12.3 Å². The highest BCUT2D eigenvalue weighted by Crippen LogP contribution is 2.18. The first-order valence-corrected chi connectivity index (χ1v) is 4.23. The quantitative estimate of drug-likeness (QED) is 0.539. The number of carbonyl (C=O) groups is 2. The predicted octanol–water partition coefficient (Wildman–Crippen LogP) is 1.47. The van der Waals surface area contributed by atoms with E-state index >= 15 is 0 Å². The number of rotatable bonds is 2. The second-order valence-corrected chi connectivity index (χ2v) is 2.94. The lowest BCUT2D eigenvalue weighted by Gasteiger charge is -2.06. The highest BCUT2D eigenvalue weighted by Gasteiger charge is 2.18. The first-order valence-electron chi connectivity index (χ1n) is 4.23. The fraction of sp³-hybridized carbons (Fsp3) is 0.182. The van der Waals surface area contributed by atoms with Gasteiger partial charge in [-0.1, -0.05) is 12.1 Å². The van der Waals surface area contributed by atoms with Crippen molar-refractivity contribution in [3.8, 4) is 6.07 Å². The van der Waals surface area contributed by atoms with Crippen LogP contribution < -0.4 is 0 Å². The molecule has 0 spiro atoms. The molecule has 0 fully saturated rings. The van der Waals surface area contributed by atoms with Crippen molar-refractivity contribution in [2.75, 3.05) is 7.11 Å². The number of benzene rings is 1. The second-order valence-electron chi connectivity index (χ2n) is 2.94. The smallest absolute Gasteiger partial charge is 0.339 e. The summed E-state index contributed by atoms with van der Waals surface area (Å²) in [5, 5.41) is 8.89. The Kier molecular flexibility index (Phi) is 3.19. The van der Waals surface area contributed by atoms with Gasteiger partial charge in [-0.25, -0.2) is 4.79 Å². The van der Waals surface area contributed by atoms with Crippen LogP contribution in [0.4, 0.5) is 0 Å². The molecular formula is C11H9NO3. The Hall–Kier alpha value is -2.15. The normalized spacial score (nSPS) is 9.13. The van der Waals surface area contributed by atoms with Crippen molar-refractivity contribution in [3.63, 3.8) is 0 Å². The standard InChI is InChI=1S/C11H9NO3/c1-7-3-4-8(6-13)10(9(7)5-12)11(14)15-2/h3-4,6H,1-2H3. The van der Waals surface area contributed by atoms with Crippen molar-refractivity contribution < 1.29 is 14.3 Å². The van der Waals surface area contributed by atoms with Gasteiger partial charge in [-0.05, 0) is 12.5 Å². The van der Waals surface area contributed by atoms with Crippen LogP contribution >= 0.6 is 0 Å². The zero-order valence-corrected chi connectivity index (χ0v) is 8.40. The first-order chi connectivity index (χ1) is 7.15. The molecule has 1 rings (SSSR count). The molecule has 0 unspecified atom stereocenters. The molecule has 1 aromatic carbocycles. The van der Waals surface area contributed by atoms with Crippen molar-refractivity contribution in [2.45, 2.75) is 6.92 Å². The molecule has 0 amide bonds. The van der Waals surface area contributed by atoms with E-state index in [-0.39, 0.29) is 16.7 Å². The molecule has 4 nitrogen and oxygen atoms in total. The third kappa shape index (κ3) is 1.86. The van der Waals surface area contributed by atoms with Crippen LogP contribution in [0.1, 0.15) is 31.8 Å². The van der Waals surface area contributed by atoms with Gasteiger partial charge in [0.05, 0.1) is 18.2 Å². The third-order valence-electron chi connectivity index (χ3n) is 2.07. The SMILES string of the molecule is COC(=O)c1c(C=O)ccc(C)c1C#N. The molecule has 0 N–H and O–H groups in total. The summed E-state index contributed by atoms with van der Waals surface area (Å²) in [6, 6.07) is 5.01. The second kappa shape index (κ2) is 4.38. The van der Waals surface area contributed by atoms with E-state index in [1.54, 1.807) is 13.0 Å². The van der Waals surface area contributed by atoms with Crippen LogP contribution in [0.2, 0.25) is 0 Å². The number of methoxy groups -OCH3 is 1. The van der Waals surface area contributed by atoms with E-state index in [2.05, 4.69) is 4.74 Å². The zero-order valence-electron chi connectivity index (χ0n) is 8.40. The molecule has 0 aliphatic rings. The number of nitriles is 1. The average molecular weight is 203 g/mol. The van der Waals surface area contributed by atoms with Crippen molar-refractivity contribution in [3.05, 3.63) is 34.4 Å². The van der Waals surface area contributed by atoms with Gasteiger partial charge >= 0.3 is 5.97 Å². The zero-order chi connectivity index (χ0) is 11.4. The van der Waals surface area contributed by atoms with E-state index in [1.165, 1.54) is 13.2 Å². The molecule has 0 aliphatic heterocycles. The summed E-state index contributed by atoms with van der Waals surface area (Å²) in [6.45, 7) is 1.69. The Bertz CT molecular complexity index is 458. The van der Waals surface area contributed by atoms with Gasteiger partial charge in [0, 0.05) is 5.56 Å². The predicted molar refractivity (Wildman–Crippen MR) is 52.6 cm³/mol. The van der Waals surface area contributed by atoms with Gasteiger partial charge in [-0.15, -0.1) is 0 Å². The molecule has 0 radical (unpaired) electrons. The van der Waals surface area contributed by atoms with E-state index in [0.717, 1.165) is 0 Å². The lowest BCUT2D eigenvalue weighted by molar-refractivity contribution is 0.0598. The number of esters is 1. The van der Waals surface area contributed by atoms with Gasteiger partial charge < -0.3 is 4.74 Å². The Labute approximate surface area is 87.1 Å². The van der Waals surface area contributed by atoms with Gasteiger partial charge in [0.15, 0.2) is 6.29 Å². The highest BCUT2D eigenvalue weighted by molar-refractivity contribution is 6.00. The molecule has 0 aliphatic carbocycles. The summed E-state index contributed by atoms with van der Waals surface area (Å²) in [5.74, 6) is -0.669. The molecule has 0 bridgehead atoms. The van der Waals surface area contributed by atoms with Gasteiger partial charge in [-0.3, -0.25) is 4.79 Å². The number of aryl methyl sites for hydroxylation is 1. The van der Waals surface area contributed by atoms with E-state index in [4.69, 9.17) is 5.26 Å². The third-order valence-corrected chi connectivity index (χ3v) is 2.07. The molecule has 1 aromatic rings. The molecule has 0 heterocycles. The fourth-order valence-electron chi connectivity index (χ4n) is 1.29. The summed E-state index contributed by atoms with van der Waals surface area (Å²) in [4.78, 5) is 22.1. The Balaban J connectivity index is 3.56. The number of ether oxygens (including phenoxy) is 1. The van der Waals surface area contributed by atoms with Crippen LogP contribution in [0.3, 0.4) is 0 Å². The minimum Gasteiger partial charge on any atom is -0.465 e. The van der Waals surface area contributed by atoms with Crippen LogP contribution in [0.5, 0.6) is 0 Å². The van der Waals surface area contributed by atoms with E-state index in [1.807, 2.05) is 6.07 Å². The maximum Gasteiger partial charge on any atom is 0.339 e. The number of aldehydes is 1. The molecule has 0 saturated heterocycles. The average Bonchev–Trinajstić information content (AvgIpc) is 2.27. The fourth-order valence-corrected chi connectivity index (χ4v) is 1.29. The lowest BCUT2D eigenvalue weighted by Crippen LogP contribution is -2.09. The van der Waals surface area contributed by atoms with Gasteiger partial charge in [0.2, 0.25) is 0 Å². The monoisotopic (exact) mass is 203 g/mol. The molecule has 0 atom stereocenters.